The molecule has 0 aliphatic rings. The molecular weight excluding hydrogens is 342 g/mol. The molecule has 0 fully saturated rings. The summed E-state index contributed by atoms with van der Waals surface area (Å²) in [6.07, 6.45) is 3.26. The fourth-order valence-corrected chi connectivity index (χ4v) is 2.81. The van der Waals surface area contributed by atoms with Crippen molar-refractivity contribution in [3.63, 3.8) is 0 Å². The zero-order chi connectivity index (χ0) is 18.6. The molecule has 2 aromatic heterocycles. The number of fused-ring (bicyclic) bond motifs is 1. The van der Waals surface area contributed by atoms with Crippen molar-refractivity contribution >= 4 is 22.6 Å². The number of anilines is 1. The molecule has 134 valence electrons. The summed E-state index contributed by atoms with van der Waals surface area (Å²) in [6, 6.07) is 16.6. The van der Waals surface area contributed by atoms with Crippen LogP contribution >= 0.6 is 0 Å². The van der Waals surface area contributed by atoms with Crippen LogP contribution in [0.15, 0.2) is 67.0 Å². The van der Waals surface area contributed by atoms with E-state index in [0.29, 0.717) is 23.3 Å². The van der Waals surface area contributed by atoms with Crippen molar-refractivity contribution in [2.24, 2.45) is 0 Å². The Balaban J connectivity index is 1.57. The van der Waals surface area contributed by atoms with Crippen LogP contribution in [0.2, 0.25) is 0 Å². The van der Waals surface area contributed by atoms with Crippen molar-refractivity contribution in [3.8, 4) is 5.75 Å². The van der Waals surface area contributed by atoms with Gasteiger partial charge in [0, 0.05) is 23.6 Å². The van der Waals surface area contributed by atoms with E-state index >= 15 is 0 Å². The molecule has 2 aromatic carbocycles. The Bertz CT molecular complexity index is 1090. The van der Waals surface area contributed by atoms with Crippen molar-refractivity contribution in [2.75, 3.05) is 12.4 Å². The molecule has 7 nitrogen and oxygen atoms in total. The molecule has 4 aromatic rings. The number of nitrogens with one attached hydrogen (secondary N) is 1. The maximum atomic E-state index is 12.4. The van der Waals surface area contributed by atoms with Gasteiger partial charge in [0.25, 0.3) is 5.91 Å². The van der Waals surface area contributed by atoms with Gasteiger partial charge in [0.1, 0.15) is 11.3 Å². The lowest BCUT2D eigenvalue weighted by atomic mass is 10.1. The fourth-order valence-electron chi connectivity index (χ4n) is 2.81. The smallest absolute Gasteiger partial charge is 0.255 e. The summed E-state index contributed by atoms with van der Waals surface area (Å²) in [5.74, 6) is 0.595. The van der Waals surface area contributed by atoms with Gasteiger partial charge in [0.05, 0.1) is 19.2 Å². The number of carbonyl (C=O) groups is 1. The highest BCUT2D eigenvalue weighted by atomic mass is 16.5. The lowest BCUT2D eigenvalue weighted by Gasteiger charge is -2.06. The first-order valence-electron chi connectivity index (χ1n) is 8.40. The van der Waals surface area contributed by atoms with Crippen LogP contribution in [0, 0.1) is 0 Å². The predicted octanol–water partition coefficient (Wildman–Crippen LogP) is 3.14. The van der Waals surface area contributed by atoms with Crippen LogP contribution in [-0.2, 0) is 6.54 Å². The van der Waals surface area contributed by atoms with Crippen LogP contribution in [0.4, 0.5) is 5.69 Å². The van der Waals surface area contributed by atoms with Gasteiger partial charge in [-0.05, 0) is 48.0 Å². The van der Waals surface area contributed by atoms with Gasteiger partial charge in [-0.3, -0.25) is 9.78 Å². The minimum atomic E-state index is -0.203. The monoisotopic (exact) mass is 359 g/mol. The van der Waals surface area contributed by atoms with Gasteiger partial charge >= 0.3 is 0 Å². The first kappa shape index (κ1) is 16.7. The number of benzene rings is 2. The lowest BCUT2D eigenvalue weighted by Crippen LogP contribution is -2.11. The van der Waals surface area contributed by atoms with E-state index in [-0.39, 0.29) is 5.91 Å². The van der Waals surface area contributed by atoms with Crippen molar-refractivity contribution in [3.05, 3.63) is 78.1 Å². The quantitative estimate of drug-likeness (QED) is 0.592. The SMILES string of the molecule is COc1cccc(Cn2nnc3cc(C(=O)Nc4ccncc4)ccc32)c1. The standard InChI is InChI=1S/C20H17N5O2/c1-27-17-4-2-3-14(11-17)13-25-19-6-5-15(12-18(19)23-24-25)20(26)22-16-7-9-21-10-8-16/h2-12H,13H2,1H3,(H,21,22,26). The zero-order valence-corrected chi connectivity index (χ0v) is 14.7. The minimum Gasteiger partial charge on any atom is -0.497 e. The fraction of sp³-hybridized carbons (Fsp3) is 0.100. The molecule has 0 unspecified atom stereocenters. The Morgan fingerprint density at radius 3 is 2.78 bits per heavy atom. The molecule has 0 aliphatic carbocycles. The van der Waals surface area contributed by atoms with Gasteiger partial charge in [0.15, 0.2) is 0 Å². The molecule has 0 aliphatic heterocycles. The Hall–Kier alpha value is -3.74. The van der Waals surface area contributed by atoms with Gasteiger partial charge in [-0.1, -0.05) is 17.3 Å². The van der Waals surface area contributed by atoms with Crippen molar-refractivity contribution < 1.29 is 9.53 Å². The average Bonchev–Trinajstić information content (AvgIpc) is 3.11. The number of carbonyl (C=O) groups excluding carboxylic acids is 1. The zero-order valence-electron chi connectivity index (χ0n) is 14.7. The number of amides is 1. The number of hydrogen-bond acceptors (Lipinski definition) is 5. The van der Waals surface area contributed by atoms with Crippen molar-refractivity contribution in [1.29, 1.82) is 0 Å². The van der Waals surface area contributed by atoms with E-state index in [2.05, 4.69) is 20.6 Å². The predicted molar refractivity (Wildman–Crippen MR) is 102 cm³/mol. The molecular formula is C20H17N5O2. The summed E-state index contributed by atoms with van der Waals surface area (Å²) in [7, 11) is 1.64. The molecule has 0 saturated heterocycles. The minimum absolute atomic E-state index is 0.203. The van der Waals surface area contributed by atoms with Gasteiger partial charge < -0.3 is 10.1 Å². The molecule has 2 heterocycles. The maximum absolute atomic E-state index is 12.4. The van der Waals surface area contributed by atoms with Gasteiger partial charge in [-0.2, -0.15) is 0 Å². The van der Waals surface area contributed by atoms with Crippen LogP contribution in [0.5, 0.6) is 5.75 Å². The number of methoxy groups -OCH3 is 1. The normalized spacial score (nSPS) is 10.7. The molecule has 1 amide bonds. The highest BCUT2D eigenvalue weighted by molar-refractivity contribution is 6.05. The summed E-state index contributed by atoms with van der Waals surface area (Å²) in [4.78, 5) is 16.4. The van der Waals surface area contributed by atoms with E-state index in [0.717, 1.165) is 16.8 Å². The first-order chi connectivity index (χ1) is 13.2. The number of aromatic nitrogens is 4. The number of rotatable bonds is 5. The Morgan fingerprint density at radius 1 is 1.11 bits per heavy atom. The van der Waals surface area contributed by atoms with Crippen LogP contribution in [0.1, 0.15) is 15.9 Å². The lowest BCUT2D eigenvalue weighted by molar-refractivity contribution is 0.102. The van der Waals surface area contributed by atoms with Crippen LogP contribution < -0.4 is 10.1 Å². The van der Waals surface area contributed by atoms with Crippen LogP contribution in [-0.4, -0.2) is 33.0 Å². The molecule has 27 heavy (non-hydrogen) atoms. The Labute approximate surface area is 155 Å². The largest absolute Gasteiger partial charge is 0.497 e. The van der Waals surface area contributed by atoms with Crippen LogP contribution in [0.25, 0.3) is 11.0 Å². The average molecular weight is 359 g/mol. The second kappa shape index (κ2) is 7.25. The number of pyridine rings is 1. The van der Waals surface area contributed by atoms with Gasteiger partial charge in [-0.15, -0.1) is 5.10 Å². The van der Waals surface area contributed by atoms with Gasteiger partial charge in [-0.25, -0.2) is 4.68 Å². The second-order valence-corrected chi connectivity index (χ2v) is 5.99. The molecule has 7 heteroatoms. The third kappa shape index (κ3) is 3.62. The van der Waals surface area contributed by atoms with E-state index in [4.69, 9.17) is 4.74 Å². The van der Waals surface area contributed by atoms with Crippen molar-refractivity contribution in [2.45, 2.75) is 6.54 Å². The number of hydrogen-bond donors (Lipinski definition) is 1. The molecule has 0 radical (unpaired) electrons. The topological polar surface area (TPSA) is 81.9 Å². The Kier molecular flexibility index (Phi) is 4.49. The third-order valence-electron chi connectivity index (χ3n) is 4.18. The van der Waals surface area contributed by atoms with Gasteiger partial charge in [0.2, 0.25) is 0 Å². The molecule has 0 atom stereocenters. The maximum Gasteiger partial charge on any atom is 0.255 e. The highest BCUT2D eigenvalue weighted by Crippen LogP contribution is 2.18. The highest BCUT2D eigenvalue weighted by Gasteiger charge is 2.11. The second-order valence-electron chi connectivity index (χ2n) is 5.99. The molecule has 1 N–H and O–H groups in total. The van der Waals surface area contributed by atoms with E-state index in [1.54, 1.807) is 48.5 Å². The molecule has 4 rings (SSSR count). The third-order valence-corrected chi connectivity index (χ3v) is 4.18. The molecule has 0 bridgehead atoms. The van der Waals surface area contributed by atoms with Crippen LogP contribution in [0.3, 0.4) is 0 Å². The van der Waals surface area contributed by atoms with Crippen molar-refractivity contribution in [1.82, 2.24) is 20.0 Å². The summed E-state index contributed by atoms with van der Waals surface area (Å²) < 4.78 is 7.06. The number of ether oxygens (including phenoxy) is 1. The summed E-state index contributed by atoms with van der Waals surface area (Å²) in [5.41, 5.74) is 3.80. The summed E-state index contributed by atoms with van der Waals surface area (Å²) in [6.45, 7) is 0.566. The van der Waals surface area contributed by atoms with E-state index in [1.165, 1.54) is 0 Å². The summed E-state index contributed by atoms with van der Waals surface area (Å²) in [5, 5.41) is 11.3. The van der Waals surface area contributed by atoms with E-state index < -0.39 is 0 Å². The first-order valence-corrected chi connectivity index (χ1v) is 8.40. The van der Waals surface area contributed by atoms with E-state index in [1.807, 2.05) is 30.3 Å². The Morgan fingerprint density at radius 2 is 1.96 bits per heavy atom. The summed E-state index contributed by atoms with van der Waals surface area (Å²) >= 11 is 0. The van der Waals surface area contributed by atoms with E-state index in [9.17, 15) is 4.79 Å². The molecule has 0 spiro atoms. The molecule has 0 saturated carbocycles. The number of nitrogens with zero attached hydrogens (tertiary/aromatic N) is 4.